The maximum absolute atomic E-state index is 12.8. The Balaban J connectivity index is 1.33. The summed E-state index contributed by atoms with van der Waals surface area (Å²) in [6, 6.07) is 3.82. The number of thiophene rings is 1. The molecule has 2 aromatic rings. The predicted octanol–water partition coefficient (Wildman–Crippen LogP) is 2.69. The minimum absolute atomic E-state index is 0.107. The van der Waals surface area contributed by atoms with Gasteiger partial charge in [-0.3, -0.25) is 4.79 Å². The Hall–Kier alpha value is -2.03. The average Bonchev–Trinajstić information content (AvgIpc) is 3.44. The highest BCUT2D eigenvalue weighted by Crippen LogP contribution is 2.39. The smallest absolute Gasteiger partial charge is 0.263 e. The van der Waals surface area contributed by atoms with Crippen LogP contribution in [0.2, 0.25) is 0 Å². The first-order chi connectivity index (χ1) is 14.2. The third kappa shape index (κ3) is 3.76. The molecule has 29 heavy (non-hydrogen) atoms. The number of likely N-dealkylation sites (tertiary alicyclic amines) is 1. The van der Waals surface area contributed by atoms with Crippen LogP contribution in [-0.4, -0.2) is 60.2 Å². The highest BCUT2D eigenvalue weighted by Gasteiger charge is 2.46. The van der Waals surface area contributed by atoms with E-state index in [-0.39, 0.29) is 11.3 Å². The normalized spacial score (nSPS) is 24.6. The van der Waals surface area contributed by atoms with Crippen molar-refractivity contribution in [1.82, 2.24) is 14.9 Å². The van der Waals surface area contributed by atoms with Gasteiger partial charge in [-0.2, -0.15) is 0 Å². The highest BCUT2D eigenvalue weighted by atomic mass is 32.1. The van der Waals surface area contributed by atoms with E-state index < -0.39 is 0 Å². The standard InChI is InChI=1S/C21H26N4O3S/c26-19(17-2-1-9-29-17)25-6-5-21(13-25)14-28-12-16-11-23-20(24-18(16)21)22-10-15-3-7-27-8-4-15/h1-2,9,11,15H,3-8,10,12-14H2,(H,22,23,24)/t21-/m1/s1. The van der Waals surface area contributed by atoms with Gasteiger partial charge in [-0.15, -0.1) is 11.3 Å². The summed E-state index contributed by atoms with van der Waals surface area (Å²) in [4.78, 5) is 25.0. The summed E-state index contributed by atoms with van der Waals surface area (Å²) in [5.74, 6) is 1.39. The van der Waals surface area contributed by atoms with Gasteiger partial charge in [0.15, 0.2) is 0 Å². The number of hydrogen-bond acceptors (Lipinski definition) is 7. The van der Waals surface area contributed by atoms with Crippen molar-refractivity contribution in [3.05, 3.63) is 39.8 Å². The summed E-state index contributed by atoms with van der Waals surface area (Å²) >= 11 is 1.49. The molecule has 0 bridgehead atoms. The van der Waals surface area contributed by atoms with Crippen molar-refractivity contribution in [3.63, 3.8) is 0 Å². The van der Waals surface area contributed by atoms with Gasteiger partial charge in [0.2, 0.25) is 5.95 Å². The van der Waals surface area contributed by atoms with Crippen molar-refractivity contribution in [1.29, 1.82) is 0 Å². The lowest BCUT2D eigenvalue weighted by Gasteiger charge is -2.34. The summed E-state index contributed by atoms with van der Waals surface area (Å²) in [7, 11) is 0. The average molecular weight is 415 g/mol. The van der Waals surface area contributed by atoms with E-state index in [4.69, 9.17) is 14.5 Å². The first-order valence-electron chi connectivity index (χ1n) is 10.3. The Bertz CT molecular complexity index is 869. The fraction of sp³-hybridized carbons (Fsp3) is 0.571. The van der Waals surface area contributed by atoms with E-state index in [1.54, 1.807) is 0 Å². The molecule has 1 spiro atoms. The van der Waals surface area contributed by atoms with E-state index in [0.717, 1.165) is 61.7 Å². The van der Waals surface area contributed by atoms with Gasteiger partial charge >= 0.3 is 0 Å². The number of carbonyl (C=O) groups excluding carboxylic acids is 1. The molecule has 5 heterocycles. The number of ether oxygens (including phenoxy) is 2. The van der Waals surface area contributed by atoms with Crippen LogP contribution in [0.1, 0.15) is 40.2 Å². The number of hydrogen-bond donors (Lipinski definition) is 1. The van der Waals surface area contributed by atoms with Crippen molar-refractivity contribution in [3.8, 4) is 0 Å². The highest BCUT2D eigenvalue weighted by molar-refractivity contribution is 7.12. The van der Waals surface area contributed by atoms with Gasteiger partial charge in [-0.05, 0) is 36.6 Å². The molecule has 1 amide bonds. The van der Waals surface area contributed by atoms with Crippen LogP contribution < -0.4 is 5.32 Å². The van der Waals surface area contributed by atoms with Crippen LogP contribution in [0.3, 0.4) is 0 Å². The number of fused-ring (bicyclic) bond motifs is 2. The van der Waals surface area contributed by atoms with Gasteiger partial charge in [0, 0.05) is 44.6 Å². The molecular formula is C21H26N4O3S. The summed E-state index contributed by atoms with van der Waals surface area (Å²) in [5.41, 5.74) is 1.85. The minimum atomic E-state index is -0.238. The van der Waals surface area contributed by atoms with E-state index in [9.17, 15) is 4.79 Å². The Morgan fingerprint density at radius 1 is 1.34 bits per heavy atom. The molecule has 5 rings (SSSR count). The summed E-state index contributed by atoms with van der Waals surface area (Å²) in [6.07, 6.45) is 4.91. The van der Waals surface area contributed by atoms with E-state index in [1.807, 2.05) is 28.6 Å². The van der Waals surface area contributed by atoms with Crippen LogP contribution >= 0.6 is 11.3 Å². The molecule has 2 saturated heterocycles. The van der Waals surface area contributed by atoms with Gasteiger partial charge in [-0.25, -0.2) is 9.97 Å². The summed E-state index contributed by atoms with van der Waals surface area (Å²) in [6.45, 7) is 5.06. The number of nitrogens with one attached hydrogen (secondary N) is 1. The van der Waals surface area contributed by atoms with Crippen LogP contribution in [0.25, 0.3) is 0 Å². The molecular weight excluding hydrogens is 388 g/mol. The zero-order valence-corrected chi connectivity index (χ0v) is 17.2. The monoisotopic (exact) mass is 414 g/mol. The quantitative estimate of drug-likeness (QED) is 0.829. The van der Waals surface area contributed by atoms with E-state index in [0.29, 0.717) is 31.6 Å². The SMILES string of the molecule is O=C(c1cccs1)N1CC[C@]2(COCc3cnc(NCC4CCOCC4)nc32)C1. The van der Waals surface area contributed by atoms with Gasteiger partial charge in [0.1, 0.15) is 0 Å². The molecule has 1 atom stereocenters. The number of nitrogens with zero attached hydrogens (tertiary/aromatic N) is 3. The van der Waals surface area contributed by atoms with Gasteiger partial charge in [0.05, 0.1) is 29.2 Å². The summed E-state index contributed by atoms with van der Waals surface area (Å²) in [5, 5.41) is 5.38. The second-order valence-electron chi connectivity index (χ2n) is 8.23. The van der Waals surface area contributed by atoms with Crippen LogP contribution in [0.15, 0.2) is 23.7 Å². The number of rotatable bonds is 4. The molecule has 0 radical (unpaired) electrons. The number of carbonyl (C=O) groups is 1. The largest absolute Gasteiger partial charge is 0.381 e. The molecule has 3 aliphatic rings. The van der Waals surface area contributed by atoms with E-state index in [1.165, 1.54) is 11.3 Å². The van der Waals surface area contributed by atoms with Crippen LogP contribution in [-0.2, 0) is 21.5 Å². The van der Waals surface area contributed by atoms with Crippen molar-refractivity contribution in [2.45, 2.75) is 31.3 Å². The van der Waals surface area contributed by atoms with Gasteiger partial charge < -0.3 is 19.7 Å². The molecule has 1 N–H and O–H groups in total. The Labute approximate surface area is 174 Å². The molecule has 0 unspecified atom stereocenters. The van der Waals surface area contributed by atoms with E-state index in [2.05, 4.69) is 10.3 Å². The zero-order valence-electron chi connectivity index (χ0n) is 16.4. The molecule has 0 aliphatic carbocycles. The molecule has 154 valence electrons. The van der Waals surface area contributed by atoms with Crippen molar-refractivity contribution in [2.24, 2.45) is 5.92 Å². The number of amides is 1. The minimum Gasteiger partial charge on any atom is -0.381 e. The Morgan fingerprint density at radius 3 is 3.07 bits per heavy atom. The lowest BCUT2D eigenvalue weighted by atomic mass is 9.80. The fourth-order valence-electron chi connectivity index (χ4n) is 4.58. The fourth-order valence-corrected chi connectivity index (χ4v) is 5.27. The molecule has 7 nitrogen and oxygen atoms in total. The lowest BCUT2D eigenvalue weighted by Crippen LogP contribution is -2.41. The number of aromatic nitrogens is 2. The zero-order chi connectivity index (χ0) is 19.7. The topological polar surface area (TPSA) is 76.6 Å². The third-order valence-electron chi connectivity index (χ3n) is 6.27. The Kier molecular flexibility index (Phi) is 5.24. The lowest BCUT2D eigenvalue weighted by molar-refractivity contribution is 0.0485. The molecule has 3 aliphatic heterocycles. The van der Waals surface area contributed by atoms with Crippen LogP contribution in [0, 0.1) is 5.92 Å². The first-order valence-corrected chi connectivity index (χ1v) is 11.2. The second kappa shape index (κ2) is 8.01. The number of anilines is 1. The van der Waals surface area contributed by atoms with Crippen molar-refractivity contribution in [2.75, 3.05) is 44.8 Å². The molecule has 2 fully saturated rings. The maximum atomic E-state index is 12.8. The van der Waals surface area contributed by atoms with Crippen molar-refractivity contribution >= 4 is 23.2 Å². The molecule has 2 aromatic heterocycles. The maximum Gasteiger partial charge on any atom is 0.263 e. The predicted molar refractivity (Wildman–Crippen MR) is 110 cm³/mol. The van der Waals surface area contributed by atoms with Crippen molar-refractivity contribution < 1.29 is 14.3 Å². The van der Waals surface area contributed by atoms with Gasteiger partial charge in [-0.1, -0.05) is 6.07 Å². The van der Waals surface area contributed by atoms with Gasteiger partial charge in [0.25, 0.3) is 5.91 Å². The third-order valence-corrected chi connectivity index (χ3v) is 7.12. The molecule has 0 aromatic carbocycles. The van der Waals surface area contributed by atoms with E-state index >= 15 is 0 Å². The first kappa shape index (κ1) is 19.0. The molecule has 8 heteroatoms. The summed E-state index contributed by atoms with van der Waals surface area (Å²) < 4.78 is 11.3. The Morgan fingerprint density at radius 2 is 2.24 bits per heavy atom. The van der Waals surface area contributed by atoms with Crippen LogP contribution in [0.5, 0.6) is 0 Å². The van der Waals surface area contributed by atoms with Crippen LogP contribution in [0.4, 0.5) is 5.95 Å². The molecule has 0 saturated carbocycles. The second-order valence-corrected chi connectivity index (χ2v) is 9.18.